The van der Waals surface area contributed by atoms with E-state index in [1.54, 1.807) is 6.20 Å². The Balaban J connectivity index is 1.57. The molecule has 1 aliphatic carbocycles. The number of nitrogens with zero attached hydrogens (tertiary/aromatic N) is 2. The van der Waals surface area contributed by atoms with E-state index < -0.39 is 0 Å². The van der Waals surface area contributed by atoms with Crippen LogP contribution in [-0.4, -0.2) is 29.0 Å². The first-order valence-electron chi connectivity index (χ1n) is 7.26. The van der Waals surface area contributed by atoms with Gasteiger partial charge in [0, 0.05) is 18.5 Å². The van der Waals surface area contributed by atoms with Gasteiger partial charge in [0.15, 0.2) is 0 Å². The molecule has 1 aromatic heterocycles. The summed E-state index contributed by atoms with van der Waals surface area (Å²) in [7, 11) is 0. The molecular formula is C15H20ClN3O. The van der Waals surface area contributed by atoms with Gasteiger partial charge >= 0.3 is 6.03 Å². The zero-order valence-corrected chi connectivity index (χ0v) is 12.5. The fourth-order valence-electron chi connectivity index (χ4n) is 3.35. The van der Waals surface area contributed by atoms with Gasteiger partial charge in [-0.2, -0.15) is 0 Å². The fraction of sp³-hybridized carbons (Fsp3) is 0.600. The van der Waals surface area contributed by atoms with Crippen LogP contribution in [0.1, 0.15) is 37.7 Å². The summed E-state index contributed by atoms with van der Waals surface area (Å²) < 4.78 is 0. The molecule has 2 heterocycles. The van der Waals surface area contributed by atoms with Crippen LogP contribution < -0.4 is 5.32 Å². The Morgan fingerprint density at radius 2 is 2.05 bits per heavy atom. The molecule has 0 aromatic carbocycles. The van der Waals surface area contributed by atoms with E-state index in [4.69, 9.17) is 11.6 Å². The largest absolute Gasteiger partial charge is 0.323 e. The monoisotopic (exact) mass is 293 g/mol. The molecule has 0 unspecified atom stereocenters. The lowest BCUT2D eigenvalue weighted by molar-refractivity contribution is 0.00515. The van der Waals surface area contributed by atoms with Crippen molar-refractivity contribution < 1.29 is 4.79 Å². The Bertz CT molecular complexity index is 518. The number of anilines is 1. The molecular weight excluding hydrogens is 274 g/mol. The van der Waals surface area contributed by atoms with Crippen LogP contribution in [0.2, 0.25) is 5.15 Å². The lowest BCUT2D eigenvalue weighted by atomic mass is 9.69. The van der Waals surface area contributed by atoms with E-state index in [0.29, 0.717) is 16.3 Å². The van der Waals surface area contributed by atoms with Crippen LogP contribution in [0.5, 0.6) is 0 Å². The number of carbonyl (C=O) groups excluding carboxylic acids is 1. The number of carbonyl (C=O) groups is 1. The second kappa shape index (κ2) is 5.24. The molecule has 1 aliphatic heterocycles. The number of amides is 2. The summed E-state index contributed by atoms with van der Waals surface area (Å²) >= 11 is 5.88. The number of aryl methyl sites for hydroxylation is 1. The molecule has 2 aliphatic rings. The maximum absolute atomic E-state index is 12.2. The van der Waals surface area contributed by atoms with Crippen molar-refractivity contribution >= 4 is 23.3 Å². The Kier molecular flexibility index (Phi) is 3.59. The van der Waals surface area contributed by atoms with E-state index in [1.807, 2.05) is 17.9 Å². The van der Waals surface area contributed by atoms with Crippen LogP contribution >= 0.6 is 11.6 Å². The van der Waals surface area contributed by atoms with Crippen molar-refractivity contribution in [2.75, 3.05) is 18.4 Å². The van der Waals surface area contributed by atoms with E-state index in [0.717, 1.165) is 18.7 Å². The van der Waals surface area contributed by atoms with Crippen molar-refractivity contribution in [1.82, 2.24) is 9.88 Å². The number of likely N-dealkylation sites (tertiary alicyclic amines) is 1. The molecule has 108 valence electrons. The van der Waals surface area contributed by atoms with Crippen LogP contribution in [0.4, 0.5) is 10.5 Å². The van der Waals surface area contributed by atoms with Crippen molar-refractivity contribution in [2.45, 2.75) is 39.0 Å². The van der Waals surface area contributed by atoms with Gasteiger partial charge in [0.05, 0.1) is 11.9 Å². The highest BCUT2D eigenvalue weighted by Gasteiger charge is 2.45. The summed E-state index contributed by atoms with van der Waals surface area (Å²) in [5, 5.41) is 3.38. The number of hydrogen-bond acceptors (Lipinski definition) is 2. The predicted octanol–water partition coefficient (Wildman–Crippen LogP) is 3.84. The van der Waals surface area contributed by atoms with Crippen LogP contribution in [0.25, 0.3) is 0 Å². The number of pyridine rings is 1. The number of urea groups is 1. The van der Waals surface area contributed by atoms with Gasteiger partial charge in [0.1, 0.15) is 5.15 Å². The highest BCUT2D eigenvalue weighted by molar-refractivity contribution is 6.30. The zero-order valence-electron chi connectivity index (χ0n) is 11.8. The van der Waals surface area contributed by atoms with Gasteiger partial charge in [0.25, 0.3) is 0 Å². The molecule has 1 saturated heterocycles. The molecule has 5 heteroatoms. The second-order valence-corrected chi connectivity index (χ2v) is 6.54. The van der Waals surface area contributed by atoms with Crippen molar-refractivity contribution in [3.05, 3.63) is 23.0 Å². The average Bonchev–Trinajstić information content (AvgIpc) is 2.41. The maximum Gasteiger partial charge on any atom is 0.321 e. The van der Waals surface area contributed by atoms with Gasteiger partial charge in [-0.3, -0.25) is 0 Å². The van der Waals surface area contributed by atoms with Crippen LogP contribution in [-0.2, 0) is 0 Å². The van der Waals surface area contributed by atoms with Gasteiger partial charge in [-0.05, 0) is 31.4 Å². The Hall–Kier alpha value is -1.29. The molecule has 0 atom stereocenters. The highest BCUT2D eigenvalue weighted by Crippen LogP contribution is 2.43. The third kappa shape index (κ3) is 2.62. The normalized spacial score (nSPS) is 20.6. The number of halogens is 1. The first-order chi connectivity index (χ1) is 9.58. The van der Waals surface area contributed by atoms with Crippen LogP contribution in [0.15, 0.2) is 12.3 Å². The van der Waals surface area contributed by atoms with E-state index in [9.17, 15) is 4.79 Å². The quantitative estimate of drug-likeness (QED) is 0.800. The molecule has 1 aromatic rings. The van der Waals surface area contributed by atoms with Gasteiger partial charge in [-0.1, -0.05) is 30.9 Å². The summed E-state index contributed by atoms with van der Waals surface area (Å²) in [6, 6.07) is 1.83. The van der Waals surface area contributed by atoms with Crippen molar-refractivity contribution in [3.63, 3.8) is 0 Å². The maximum atomic E-state index is 12.2. The van der Waals surface area contributed by atoms with Crippen molar-refractivity contribution in [1.29, 1.82) is 0 Å². The standard InChI is InChI=1S/C15H20ClN3O/c1-11-7-12(8-17-13(11)16)18-14(20)19-9-15(10-19)5-3-2-4-6-15/h7-8H,2-6,9-10H2,1H3,(H,18,20). The Morgan fingerprint density at radius 3 is 2.70 bits per heavy atom. The summed E-state index contributed by atoms with van der Waals surface area (Å²) in [6.45, 7) is 3.68. The smallest absolute Gasteiger partial charge is 0.321 e. The Morgan fingerprint density at radius 1 is 1.35 bits per heavy atom. The number of nitrogens with one attached hydrogen (secondary N) is 1. The molecule has 2 amide bonds. The number of hydrogen-bond donors (Lipinski definition) is 1. The molecule has 2 fully saturated rings. The first-order valence-corrected chi connectivity index (χ1v) is 7.64. The molecule has 3 rings (SSSR count). The van der Waals surface area contributed by atoms with Crippen molar-refractivity contribution in [2.24, 2.45) is 5.41 Å². The fourth-order valence-corrected chi connectivity index (χ4v) is 3.46. The zero-order chi connectivity index (χ0) is 14.2. The molecule has 1 saturated carbocycles. The van der Waals surface area contributed by atoms with Gasteiger partial charge < -0.3 is 10.2 Å². The van der Waals surface area contributed by atoms with Crippen LogP contribution in [0.3, 0.4) is 0 Å². The second-order valence-electron chi connectivity index (χ2n) is 6.18. The average molecular weight is 294 g/mol. The van der Waals surface area contributed by atoms with E-state index >= 15 is 0 Å². The van der Waals surface area contributed by atoms with Gasteiger partial charge in [0.2, 0.25) is 0 Å². The lowest BCUT2D eigenvalue weighted by Gasteiger charge is -2.52. The minimum atomic E-state index is -0.0234. The minimum Gasteiger partial charge on any atom is -0.323 e. The highest BCUT2D eigenvalue weighted by atomic mass is 35.5. The molecule has 20 heavy (non-hydrogen) atoms. The summed E-state index contributed by atoms with van der Waals surface area (Å²) in [4.78, 5) is 18.1. The molecule has 4 nitrogen and oxygen atoms in total. The number of rotatable bonds is 1. The third-order valence-electron chi connectivity index (χ3n) is 4.52. The van der Waals surface area contributed by atoms with Crippen molar-refractivity contribution in [3.8, 4) is 0 Å². The van der Waals surface area contributed by atoms with E-state index in [1.165, 1.54) is 32.1 Å². The lowest BCUT2D eigenvalue weighted by Crippen LogP contribution is -2.60. The molecule has 1 spiro atoms. The summed E-state index contributed by atoms with van der Waals surface area (Å²) in [5.41, 5.74) is 2.00. The van der Waals surface area contributed by atoms with Gasteiger partial charge in [-0.25, -0.2) is 9.78 Å². The SMILES string of the molecule is Cc1cc(NC(=O)N2CC3(CCCCC3)C2)cnc1Cl. The molecule has 0 radical (unpaired) electrons. The summed E-state index contributed by atoms with van der Waals surface area (Å²) in [6.07, 6.45) is 8.13. The van der Waals surface area contributed by atoms with E-state index in [2.05, 4.69) is 10.3 Å². The van der Waals surface area contributed by atoms with Crippen LogP contribution in [0, 0.1) is 12.3 Å². The molecule has 0 bridgehead atoms. The summed E-state index contributed by atoms with van der Waals surface area (Å²) in [5.74, 6) is 0. The molecule has 1 N–H and O–H groups in total. The predicted molar refractivity (Wildman–Crippen MR) is 80.1 cm³/mol. The number of aromatic nitrogens is 1. The third-order valence-corrected chi connectivity index (χ3v) is 4.92. The topological polar surface area (TPSA) is 45.2 Å². The van der Waals surface area contributed by atoms with Gasteiger partial charge in [-0.15, -0.1) is 0 Å². The Labute approximate surface area is 124 Å². The van der Waals surface area contributed by atoms with E-state index in [-0.39, 0.29) is 6.03 Å². The first kappa shape index (κ1) is 13.7. The minimum absolute atomic E-state index is 0.0234.